The third kappa shape index (κ3) is 2.66. The molecule has 0 unspecified atom stereocenters. The molecule has 0 aliphatic rings. The van der Waals surface area contributed by atoms with Gasteiger partial charge in [0.15, 0.2) is 0 Å². The number of carboxylic acids is 1. The molecule has 2 nitrogen and oxygen atoms in total. The van der Waals surface area contributed by atoms with Gasteiger partial charge in [-0.25, -0.2) is 4.79 Å². The first-order chi connectivity index (χ1) is 8.68. The molecule has 0 aliphatic carbocycles. The fourth-order valence-electron chi connectivity index (χ4n) is 1.93. The number of rotatable bonds is 3. The van der Waals surface area contributed by atoms with Gasteiger partial charge < -0.3 is 5.11 Å². The van der Waals surface area contributed by atoms with Crippen molar-refractivity contribution in [2.24, 2.45) is 0 Å². The van der Waals surface area contributed by atoms with Gasteiger partial charge in [0.1, 0.15) is 0 Å². The lowest BCUT2D eigenvalue weighted by atomic mass is 9.99. The Bertz CT molecular complexity index is 631. The van der Waals surface area contributed by atoms with E-state index in [0.29, 0.717) is 0 Å². The van der Waals surface area contributed by atoms with Crippen LogP contribution in [0.25, 0.3) is 16.3 Å². The standard InChI is InChI=1S/C16H14O2/c1-12(6-4-11-16(17)18)14-10-5-8-13-7-2-3-9-15(13)14/h2-11H,1H3,(H,17,18). The van der Waals surface area contributed by atoms with Gasteiger partial charge in [0.2, 0.25) is 0 Å². The highest BCUT2D eigenvalue weighted by molar-refractivity contribution is 5.93. The van der Waals surface area contributed by atoms with Crippen LogP contribution in [-0.2, 0) is 4.79 Å². The van der Waals surface area contributed by atoms with Crippen LogP contribution in [0.5, 0.6) is 0 Å². The lowest BCUT2D eigenvalue weighted by molar-refractivity contribution is -0.131. The second-order valence-corrected chi connectivity index (χ2v) is 4.07. The van der Waals surface area contributed by atoms with Crippen LogP contribution in [0.3, 0.4) is 0 Å². The molecule has 0 spiro atoms. The zero-order valence-corrected chi connectivity index (χ0v) is 10.1. The number of benzene rings is 2. The van der Waals surface area contributed by atoms with Crippen LogP contribution in [0.2, 0.25) is 0 Å². The van der Waals surface area contributed by atoms with E-state index in [0.717, 1.165) is 17.2 Å². The second-order valence-electron chi connectivity index (χ2n) is 4.07. The zero-order chi connectivity index (χ0) is 13.0. The molecule has 0 aromatic heterocycles. The van der Waals surface area contributed by atoms with Gasteiger partial charge >= 0.3 is 5.97 Å². The van der Waals surface area contributed by atoms with Gasteiger partial charge in [0, 0.05) is 6.08 Å². The summed E-state index contributed by atoms with van der Waals surface area (Å²) in [6, 6.07) is 14.3. The molecule has 2 rings (SSSR count). The highest BCUT2D eigenvalue weighted by Crippen LogP contribution is 2.24. The van der Waals surface area contributed by atoms with Crippen LogP contribution < -0.4 is 0 Å². The van der Waals surface area contributed by atoms with Crippen LogP contribution in [0.1, 0.15) is 12.5 Å². The molecule has 0 fully saturated rings. The summed E-state index contributed by atoms with van der Waals surface area (Å²) in [5.74, 6) is -0.933. The van der Waals surface area contributed by atoms with Crippen molar-refractivity contribution in [2.45, 2.75) is 6.92 Å². The Balaban J connectivity index is 2.45. The van der Waals surface area contributed by atoms with Gasteiger partial charge in [-0.1, -0.05) is 54.6 Å². The molecule has 0 aliphatic heterocycles. The summed E-state index contributed by atoms with van der Waals surface area (Å²) in [7, 11) is 0. The van der Waals surface area contributed by atoms with Crippen LogP contribution >= 0.6 is 0 Å². The third-order valence-corrected chi connectivity index (χ3v) is 2.80. The highest BCUT2D eigenvalue weighted by atomic mass is 16.4. The van der Waals surface area contributed by atoms with E-state index in [4.69, 9.17) is 5.11 Å². The van der Waals surface area contributed by atoms with Crippen molar-refractivity contribution in [3.63, 3.8) is 0 Å². The Kier molecular flexibility index (Phi) is 3.58. The molecular formula is C16H14O2. The first kappa shape index (κ1) is 12.1. The van der Waals surface area contributed by atoms with Crippen LogP contribution in [0, 0.1) is 0 Å². The van der Waals surface area contributed by atoms with Gasteiger partial charge in [-0.05, 0) is 28.8 Å². The van der Waals surface area contributed by atoms with Gasteiger partial charge in [0.05, 0.1) is 0 Å². The van der Waals surface area contributed by atoms with E-state index in [-0.39, 0.29) is 0 Å². The lowest BCUT2D eigenvalue weighted by Crippen LogP contribution is -1.85. The number of aliphatic carboxylic acids is 1. The molecule has 18 heavy (non-hydrogen) atoms. The highest BCUT2D eigenvalue weighted by Gasteiger charge is 2.00. The second kappa shape index (κ2) is 5.32. The summed E-state index contributed by atoms with van der Waals surface area (Å²) in [6.07, 6.45) is 4.50. The summed E-state index contributed by atoms with van der Waals surface area (Å²) in [6.45, 7) is 1.98. The fraction of sp³-hybridized carbons (Fsp3) is 0.0625. The number of carbonyl (C=O) groups is 1. The van der Waals surface area contributed by atoms with Crippen LogP contribution in [-0.4, -0.2) is 11.1 Å². The molecule has 0 heterocycles. The van der Waals surface area contributed by atoms with Crippen LogP contribution in [0.4, 0.5) is 0 Å². The summed E-state index contributed by atoms with van der Waals surface area (Å²) < 4.78 is 0. The Morgan fingerprint density at radius 3 is 2.61 bits per heavy atom. The van der Waals surface area contributed by atoms with Crippen molar-refractivity contribution in [3.05, 3.63) is 66.3 Å². The zero-order valence-electron chi connectivity index (χ0n) is 10.1. The maximum atomic E-state index is 10.4. The van der Waals surface area contributed by atoms with Crippen molar-refractivity contribution in [2.75, 3.05) is 0 Å². The topological polar surface area (TPSA) is 37.3 Å². The molecule has 2 aromatic rings. The van der Waals surface area contributed by atoms with Crippen molar-refractivity contribution < 1.29 is 9.90 Å². The summed E-state index contributed by atoms with van der Waals surface area (Å²) in [5.41, 5.74) is 2.17. The van der Waals surface area contributed by atoms with Crippen molar-refractivity contribution >= 4 is 22.3 Å². The molecule has 0 saturated heterocycles. The number of carboxylic acid groups (broad SMARTS) is 1. The van der Waals surface area contributed by atoms with Crippen molar-refractivity contribution in [1.29, 1.82) is 0 Å². The molecule has 90 valence electrons. The Labute approximate surface area is 106 Å². The maximum absolute atomic E-state index is 10.4. The molecule has 0 saturated carbocycles. The minimum atomic E-state index is -0.933. The van der Waals surface area contributed by atoms with E-state index in [1.165, 1.54) is 10.8 Å². The molecule has 1 N–H and O–H groups in total. The number of allylic oxidation sites excluding steroid dienone is 3. The van der Waals surface area contributed by atoms with Gasteiger partial charge in [0.25, 0.3) is 0 Å². The lowest BCUT2D eigenvalue weighted by Gasteiger charge is -2.06. The largest absolute Gasteiger partial charge is 0.478 e. The Morgan fingerprint density at radius 1 is 1.11 bits per heavy atom. The maximum Gasteiger partial charge on any atom is 0.328 e. The molecule has 0 radical (unpaired) electrons. The first-order valence-corrected chi connectivity index (χ1v) is 5.74. The average Bonchev–Trinajstić information content (AvgIpc) is 2.37. The minimum absolute atomic E-state index is 0.933. The Morgan fingerprint density at radius 2 is 1.83 bits per heavy atom. The summed E-state index contributed by atoms with van der Waals surface area (Å²) in [5, 5.41) is 10.9. The first-order valence-electron chi connectivity index (χ1n) is 5.74. The minimum Gasteiger partial charge on any atom is -0.478 e. The third-order valence-electron chi connectivity index (χ3n) is 2.80. The van der Waals surface area contributed by atoms with E-state index in [9.17, 15) is 4.79 Å². The fourth-order valence-corrected chi connectivity index (χ4v) is 1.93. The molecule has 2 aromatic carbocycles. The van der Waals surface area contributed by atoms with E-state index in [2.05, 4.69) is 18.2 Å². The molecule has 2 heteroatoms. The quantitative estimate of drug-likeness (QED) is 0.650. The predicted molar refractivity (Wildman–Crippen MR) is 74.4 cm³/mol. The molecular weight excluding hydrogens is 224 g/mol. The summed E-state index contributed by atoms with van der Waals surface area (Å²) in [4.78, 5) is 10.4. The van der Waals surface area contributed by atoms with E-state index in [1.807, 2.05) is 37.3 Å². The van der Waals surface area contributed by atoms with E-state index >= 15 is 0 Å². The number of hydrogen-bond donors (Lipinski definition) is 1. The van der Waals surface area contributed by atoms with Crippen molar-refractivity contribution in [3.8, 4) is 0 Å². The van der Waals surface area contributed by atoms with Gasteiger partial charge in [-0.3, -0.25) is 0 Å². The van der Waals surface area contributed by atoms with Crippen molar-refractivity contribution in [1.82, 2.24) is 0 Å². The molecule has 0 bridgehead atoms. The predicted octanol–water partition coefficient (Wildman–Crippen LogP) is 3.88. The number of fused-ring (bicyclic) bond motifs is 1. The smallest absolute Gasteiger partial charge is 0.328 e. The summed E-state index contributed by atoms with van der Waals surface area (Å²) >= 11 is 0. The molecule has 0 atom stereocenters. The normalized spacial score (nSPS) is 12.2. The SMILES string of the molecule is CC(=CC=CC(=O)O)c1cccc2ccccc12. The monoisotopic (exact) mass is 238 g/mol. The van der Waals surface area contributed by atoms with Crippen LogP contribution in [0.15, 0.2) is 60.7 Å². The average molecular weight is 238 g/mol. The van der Waals surface area contributed by atoms with Gasteiger partial charge in [-0.15, -0.1) is 0 Å². The molecule has 0 amide bonds. The Hall–Kier alpha value is -2.35. The number of hydrogen-bond acceptors (Lipinski definition) is 1. The van der Waals surface area contributed by atoms with E-state index < -0.39 is 5.97 Å². The van der Waals surface area contributed by atoms with Gasteiger partial charge in [-0.2, -0.15) is 0 Å². The van der Waals surface area contributed by atoms with E-state index in [1.54, 1.807) is 6.08 Å².